The summed E-state index contributed by atoms with van der Waals surface area (Å²) in [6, 6.07) is 4.92. The van der Waals surface area contributed by atoms with Crippen LogP contribution in [-0.2, 0) is 0 Å². The summed E-state index contributed by atoms with van der Waals surface area (Å²) in [6.45, 7) is 3.69. The summed E-state index contributed by atoms with van der Waals surface area (Å²) in [5.41, 5.74) is 0.668. The SMILES string of the molecule is CCCCSc1ccc([C@H](C)O)cc1[N+](=O)[O-]. The smallest absolute Gasteiger partial charge is 0.283 e. The Bertz CT molecular complexity index is 393. The fourth-order valence-electron chi connectivity index (χ4n) is 1.39. The number of nitro groups is 1. The molecule has 1 aromatic carbocycles. The molecule has 5 heteroatoms. The van der Waals surface area contributed by atoms with Crippen LogP contribution in [-0.4, -0.2) is 15.8 Å². The highest BCUT2D eigenvalue weighted by molar-refractivity contribution is 7.99. The molecule has 0 aromatic heterocycles. The van der Waals surface area contributed by atoms with Gasteiger partial charge in [0.2, 0.25) is 0 Å². The summed E-state index contributed by atoms with van der Waals surface area (Å²) < 4.78 is 0. The number of nitro benzene ring substituents is 1. The third kappa shape index (κ3) is 4.02. The Morgan fingerprint density at radius 1 is 1.53 bits per heavy atom. The maximum Gasteiger partial charge on any atom is 0.283 e. The zero-order valence-corrected chi connectivity index (χ0v) is 10.9. The Morgan fingerprint density at radius 3 is 2.76 bits per heavy atom. The molecule has 0 heterocycles. The second kappa shape index (κ2) is 6.61. The molecule has 0 amide bonds. The minimum Gasteiger partial charge on any atom is -0.389 e. The molecule has 0 radical (unpaired) electrons. The van der Waals surface area contributed by atoms with Crippen LogP contribution in [0.4, 0.5) is 5.69 Å². The number of aliphatic hydroxyl groups is 1. The molecule has 0 spiro atoms. The summed E-state index contributed by atoms with van der Waals surface area (Å²) >= 11 is 1.50. The molecular formula is C12H17NO3S. The molecular weight excluding hydrogens is 238 g/mol. The maximum atomic E-state index is 10.9. The van der Waals surface area contributed by atoms with Crippen LogP contribution in [0.15, 0.2) is 23.1 Å². The number of unbranched alkanes of at least 4 members (excludes halogenated alkanes) is 1. The van der Waals surface area contributed by atoms with Gasteiger partial charge in [0.25, 0.3) is 5.69 Å². The molecule has 1 rings (SSSR count). The summed E-state index contributed by atoms with van der Waals surface area (Å²) in [5.74, 6) is 0.880. The van der Waals surface area contributed by atoms with Crippen molar-refractivity contribution in [1.82, 2.24) is 0 Å². The number of hydrogen-bond donors (Lipinski definition) is 1. The van der Waals surface area contributed by atoms with Crippen molar-refractivity contribution in [3.63, 3.8) is 0 Å². The molecule has 1 atom stereocenters. The Balaban J connectivity index is 2.92. The Morgan fingerprint density at radius 2 is 2.24 bits per heavy atom. The summed E-state index contributed by atoms with van der Waals surface area (Å²) in [6.07, 6.45) is 1.44. The van der Waals surface area contributed by atoms with Gasteiger partial charge in [-0.05, 0) is 30.7 Å². The zero-order valence-electron chi connectivity index (χ0n) is 10.0. The van der Waals surface area contributed by atoms with Crippen molar-refractivity contribution in [2.75, 3.05) is 5.75 Å². The van der Waals surface area contributed by atoms with Crippen LogP contribution in [0.1, 0.15) is 38.4 Å². The predicted octanol–water partition coefficient (Wildman–Crippen LogP) is 3.54. The van der Waals surface area contributed by atoms with Crippen molar-refractivity contribution in [1.29, 1.82) is 0 Å². The first-order valence-electron chi connectivity index (χ1n) is 5.65. The topological polar surface area (TPSA) is 63.4 Å². The van der Waals surface area contributed by atoms with E-state index in [1.54, 1.807) is 19.1 Å². The predicted molar refractivity (Wildman–Crippen MR) is 69.4 cm³/mol. The molecule has 0 aliphatic heterocycles. The molecule has 17 heavy (non-hydrogen) atoms. The highest BCUT2D eigenvalue weighted by atomic mass is 32.2. The van der Waals surface area contributed by atoms with Gasteiger partial charge in [-0.2, -0.15) is 0 Å². The molecule has 94 valence electrons. The van der Waals surface area contributed by atoms with E-state index < -0.39 is 6.10 Å². The molecule has 0 saturated carbocycles. The van der Waals surface area contributed by atoms with E-state index in [0.717, 1.165) is 18.6 Å². The van der Waals surface area contributed by atoms with Crippen molar-refractivity contribution in [3.8, 4) is 0 Å². The quantitative estimate of drug-likeness (QED) is 0.365. The van der Waals surface area contributed by atoms with E-state index in [1.165, 1.54) is 17.8 Å². The van der Waals surface area contributed by atoms with Gasteiger partial charge in [0, 0.05) is 6.07 Å². The normalized spacial score (nSPS) is 12.4. The molecule has 4 nitrogen and oxygen atoms in total. The van der Waals surface area contributed by atoms with E-state index in [1.807, 2.05) is 0 Å². The van der Waals surface area contributed by atoms with Gasteiger partial charge in [-0.3, -0.25) is 10.1 Å². The second-order valence-electron chi connectivity index (χ2n) is 3.86. The van der Waals surface area contributed by atoms with Crippen LogP contribution in [0.3, 0.4) is 0 Å². The van der Waals surface area contributed by atoms with Crippen LogP contribution < -0.4 is 0 Å². The third-order valence-electron chi connectivity index (χ3n) is 2.42. The zero-order chi connectivity index (χ0) is 12.8. The molecule has 0 unspecified atom stereocenters. The fraction of sp³-hybridized carbons (Fsp3) is 0.500. The Kier molecular flexibility index (Phi) is 5.44. The highest BCUT2D eigenvalue weighted by Gasteiger charge is 2.16. The molecule has 0 bridgehead atoms. The van der Waals surface area contributed by atoms with Gasteiger partial charge in [-0.15, -0.1) is 11.8 Å². The van der Waals surface area contributed by atoms with E-state index >= 15 is 0 Å². The Labute approximate surface area is 105 Å². The molecule has 0 fully saturated rings. The van der Waals surface area contributed by atoms with Crippen molar-refractivity contribution in [2.45, 2.75) is 37.7 Å². The lowest BCUT2D eigenvalue weighted by Crippen LogP contribution is -1.96. The highest BCUT2D eigenvalue weighted by Crippen LogP contribution is 2.32. The van der Waals surface area contributed by atoms with Gasteiger partial charge in [-0.25, -0.2) is 0 Å². The first-order chi connectivity index (χ1) is 8.06. The summed E-state index contributed by atoms with van der Waals surface area (Å²) in [7, 11) is 0. The minimum atomic E-state index is -0.677. The van der Waals surface area contributed by atoms with Crippen LogP contribution in [0, 0.1) is 10.1 Å². The molecule has 0 saturated heterocycles. The van der Waals surface area contributed by atoms with Crippen LogP contribution >= 0.6 is 11.8 Å². The van der Waals surface area contributed by atoms with Crippen molar-refractivity contribution in [3.05, 3.63) is 33.9 Å². The average Bonchev–Trinajstić information content (AvgIpc) is 2.29. The molecule has 1 aromatic rings. The number of nitrogens with zero attached hydrogens (tertiary/aromatic N) is 1. The first kappa shape index (κ1) is 14.0. The van der Waals surface area contributed by atoms with Gasteiger partial charge >= 0.3 is 0 Å². The second-order valence-corrected chi connectivity index (χ2v) is 5.00. The van der Waals surface area contributed by atoms with Gasteiger partial charge in [0.15, 0.2) is 0 Å². The number of benzene rings is 1. The van der Waals surface area contributed by atoms with Crippen LogP contribution in [0.25, 0.3) is 0 Å². The van der Waals surface area contributed by atoms with Crippen LogP contribution in [0.5, 0.6) is 0 Å². The number of hydrogen-bond acceptors (Lipinski definition) is 4. The monoisotopic (exact) mass is 255 g/mol. The van der Waals surface area contributed by atoms with E-state index in [4.69, 9.17) is 0 Å². The van der Waals surface area contributed by atoms with Gasteiger partial charge in [-0.1, -0.05) is 19.4 Å². The van der Waals surface area contributed by atoms with Crippen LogP contribution in [0.2, 0.25) is 0 Å². The lowest BCUT2D eigenvalue weighted by molar-refractivity contribution is -0.387. The number of thioether (sulfide) groups is 1. The van der Waals surface area contributed by atoms with Crippen molar-refractivity contribution in [2.24, 2.45) is 0 Å². The molecule has 0 aliphatic carbocycles. The van der Waals surface area contributed by atoms with Gasteiger partial charge in [0.05, 0.1) is 15.9 Å². The van der Waals surface area contributed by atoms with Gasteiger partial charge in [0.1, 0.15) is 0 Å². The Hall–Kier alpha value is -1.07. The minimum absolute atomic E-state index is 0.0875. The van der Waals surface area contributed by atoms with E-state index in [2.05, 4.69) is 6.92 Å². The lowest BCUT2D eigenvalue weighted by Gasteiger charge is -2.07. The van der Waals surface area contributed by atoms with Gasteiger partial charge < -0.3 is 5.11 Å². The summed E-state index contributed by atoms with van der Waals surface area (Å²) in [5, 5.41) is 20.3. The summed E-state index contributed by atoms with van der Waals surface area (Å²) in [4.78, 5) is 11.2. The van der Waals surface area contributed by atoms with Crippen molar-refractivity contribution < 1.29 is 10.0 Å². The molecule has 1 N–H and O–H groups in total. The van der Waals surface area contributed by atoms with E-state index in [-0.39, 0.29) is 10.6 Å². The fourth-order valence-corrected chi connectivity index (χ4v) is 2.48. The largest absolute Gasteiger partial charge is 0.389 e. The third-order valence-corrected chi connectivity index (χ3v) is 3.57. The maximum absolute atomic E-state index is 10.9. The number of aliphatic hydroxyl groups excluding tert-OH is 1. The standard InChI is InChI=1S/C12H17NO3S/c1-3-4-7-17-12-6-5-10(9(2)14)8-11(12)13(15)16/h5-6,8-9,14H,3-4,7H2,1-2H3/t9-/m0/s1. The number of rotatable bonds is 6. The van der Waals surface area contributed by atoms with Crippen molar-refractivity contribution >= 4 is 17.4 Å². The first-order valence-corrected chi connectivity index (χ1v) is 6.64. The average molecular weight is 255 g/mol. The lowest BCUT2D eigenvalue weighted by atomic mass is 10.1. The van der Waals surface area contributed by atoms with E-state index in [9.17, 15) is 15.2 Å². The van der Waals surface area contributed by atoms with E-state index in [0.29, 0.717) is 10.5 Å². The molecule has 0 aliphatic rings.